The molecular formula is C13H11FN2O3. The number of carbonyl (C=O) groups is 3. The molecule has 6 heteroatoms. The first-order chi connectivity index (χ1) is 9.05. The van der Waals surface area contributed by atoms with Crippen molar-refractivity contribution < 1.29 is 18.8 Å². The van der Waals surface area contributed by atoms with Gasteiger partial charge >= 0.3 is 0 Å². The van der Waals surface area contributed by atoms with E-state index in [0.29, 0.717) is 17.9 Å². The third-order valence-corrected chi connectivity index (χ3v) is 3.47. The van der Waals surface area contributed by atoms with Gasteiger partial charge in [0.1, 0.15) is 0 Å². The van der Waals surface area contributed by atoms with Crippen molar-refractivity contribution in [3.8, 4) is 0 Å². The van der Waals surface area contributed by atoms with Crippen molar-refractivity contribution >= 4 is 17.7 Å². The number of imide groups is 1. The van der Waals surface area contributed by atoms with Gasteiger partial charge in [0.05, 0.1) is 11.1 Å². The molecule has 3 amide bonds. The van der Waals surface area contributed by atoms with Gasteiger partial charge in [-0.05, 0) is 18.6 Å². The quantitative estimate of drug-likeness (QED) is 0.603. The zero-order valence-electron chi connectivity index (χ0n) is 9.98. The molecule has 0 aromatic heterocycles. The third-order valence-electron chi connectivity index (χ3n) is 3.47. The highest BCUT2D eigenvalue weighted by Crippen LogP contribution is 2.34. The molecule has 98 valence electrons. The fourth-order valence-electron chi connectivity index (χ4n) is 2.50. The number of alkyl halides is 1. The first kappa shape index (κ1) is 11.8. The summed E-state index contributed by atoms with van der Waals surface area (Å²) in [5.41, 5.74) is 0.283. The number of halogens is 1. The van der Waals surface area contributed by atoms with Crippen LogP contribution in [0.3, 0.4) is 0 Å². The minimum atomic E-state index is -2.58. The zero-order valence-corrected chi connectivity index (χ0v) is 9.98. The summed E-state index contributed by atoms with van der Waals surface area (Å²) in [6.45, 7) is 0.355. The van der Waals surface area contributed by atoms with Crippen LogP contribution in [0.25, 0.3) is 0 Å². The first-order valence-corrected chi connectivity index (χ1v) is 6.01. The van der Waals surface area contributed by atoms with Crippen molar-refractivity contribution in [1.29, 1.82) is 0 Å². The van der Waals surface area contributed by atoms with E-state index >= 15 is 0 Å². The van der Waals surface area contributed by atoms with Crippen LogP contribution in [0.5, 0.6) is 0 Å². The Morgan fingerprint density at radius 2 is 1.68 bits per heavy atom. The average Bonchev–Trinajstić information content (AvgIpc) is 2.67. The van der Waals surface area contributed by atoms with Crippen LogP contribution in [0.4, 0.5) is 4.39 Å². The maximum atomic E-state index is 14.8. The average molecular weight is 262 g/mol. The van der Waals surface area contributed by atoms with Crippen molar-refractivity contribution in [2.24, 2.45) is 0 Å². The van der Waals surface area contributed by atoms with Crippen molar-refractivity contribution in [2.75, 3.05) is 6.54 Å². The molecule has 1 saturated heterocycles. The van der Waals surface area contributed by atoms with E-state index in [4.69, 9.17) is 0 Å². The van der Waals surface area contributed by atoms with Gasteiger partial charge in [0.15, 0.2) is 0 Å². The number of rotatable bonds is 1. The normalized spacial score (nSPS) is 26.4. The van der Waals surface area contributed by atoms with Crippen molar-refractivity contribution in [1.82, 2.24) is 10.2 Å². The molecule has 2 heterocycles. The van der Waals surface area contributed by atoms with Gasteiger partial charge in [-0.1, -0.05) is 12.1 Å². The Hall–Kier alpha value is -2.24. The number of nitrogens with one attached hydrogen (secondary N) is 1. The number of fused-ring (bicyclic) bond motifs is 1. The van der Waals surface area contributed by atoms with Gasteiger partial charge < -0.3 is 5.32 Å². The van der Waals surface area contributed by atoms with Gasteiger partial charge in [0.25, 0.3) is 23.5 Å². The van der Waals surface area contributed by atoms with E-state index in [9.17, 15) is 18.8 Å². The lowest BCUT2D eigenvalue weighted by Crippen LogP contribution is -2.60. The SMILES string of the molecule is O=C1c2ccccc2C(=O)N1[C@]1(F)CCCNC1=O. The molecule has 1 aromatic carbocycles. The van der Waals surface area contributed by atoms with E-state index in [2.05, 4.69) is 5.32 Å². The Morgan fingerprint density at radius 3 is 2.21 bits per heavy atom. The molecule has 2 aliphatic heterocycles. The molecule has 0 unspecified atom stereocenters. The maximum Gasteiger partial charge on any atom is 0.279 e. The number of hydrogen-bond acceptors (Lipinski definition) is 3. The number of hydrogen-bond donors (Lipinski definition) is 1. The standard InChI is InChI=1S/C13H11FN2O3/c14-13(6-3-7-15-12(13)19)16-10(17)8-4-1-2-5-9(8)11(16)18/h1-2,4-5H,3,6-7H2,(H,15,19)/t13-/m1/s1. The lowest BCUT2D eigenvalue weighted by Gasteiger charge is -2.34. The summed E-state index contributed by atoms with van der Waals surface area (Å²) < 4.78 is 14.8. The summed E-state index contributed by atoms with van der Waals surface area (Å²) in [5.74, 6) is -5.00. The summed E-state index contributed by atoms with van der Waals surface area (Å²) in [5, 5.41) is 2.36. The highest BCUT2D eigenvalue weighted by atomic mass is 19.1. The first-order valence-electron chi connectivity index (χ1n) is 6.01. The second-order valence-electron chi connectivity index (χ2n) is 4.61. The van der Waals surface area contributed by atoms with Crippen LogP contribution in [0.1, 0.15) is 33.6 Å². The molecule has 0 spiro atoms. The highest BCUT2D eigenvalue weighted by Gasteiger charge is 2.55. The van der Waals surface area contributed by atoms with Crippen LogP contribution in [0.2, 0.25) is 0 Å². The molecule has 0 saturated carbocycles. The Balaban J connectivity index is 2.06. The predicted octanol–water partition coefficient (Wildman–Crippen LogP) is 0.858. The van der Waals surface area contributed by atoms with Gasteiger partial charge in [-0.2, -0.15) is 0 Å². The summed E-state index contributed by atoms with van der Waals surface area (Å²) in [6, 6.07) is 6.11. The van der Waals surface area contributed by atoms with E-state index in [0.717, 1.165) is 0 Å². The summed E-state index contributed by atoms with van der Waals surface area (Å²) >= 11 is 0. The summed E-state index contributed by atoms with van der Waals surface area (Å²) in [7, 11) is 0. The fourth-order valence-corrected chi connectivity index (χ4v) is 2.50. The van der Waals surface area contributed by atoms with Gasteiger partial charge in [0, 0.05) is 13.0 Å². The van der Waals surface area contributed by atoms with Crippen molar-refractivity contribution in [3.63, 3.8) is 0 Å². The Labute approximate surface area is 108 Å². The van der Waals surface area contributed by atoms with E-state index in [1.807, 2.05) is 0 Å². The van der Waals surface area contributed by atoms with Crippen LogP contribution < -0.4 is 5.32 Å². The highest BCUT2D eigenvalue weighted by molar-refractivity contribution is 6.23. The third kappa shape index (κ3) is 1.49. The van der Waals surface area contributed by atoms with E-state index in [1.165, 1.54) is 12.1 Å². The fraction of sp³-hybridized carbons (Fsp3) is 0.308. The van der Waals surface area contributed by atoms with Crippen molar-refractivity contribution in [2.45, 2.75) is 18.6 Å². The molecule has 2 aliphatic rings. The molecule has 0 radical (unpaired) electrons. The topological polar surface area (TPSA) is 66.5 Å². The largest absolute Gasteiger partial charge is 0.352 e. The number of carbonyl (C=O) groups excluding carboxylic acids is 3. The number of piperidine rings is 1. The minimum absolute atomic E-state index is 0.142. The monoisotopic (exact) mass is 262 g/mol. The van der Waals surface area contributed by atoms with E-state index in [-0.39, 0.29) is 17.5 Å². The van der Waals surface area contributed by atoms with E-state index < -0.39 is 23.5 Å². The second kappa shape index (κ2) is 3.88. The minimum Gasteiger partial charge on any atom is -0.352 e. The van der Waals surface area contributed by atoms with Crippen LogP contribution in [0.15, 0.2) is 24.3 Å². The van der Waals surface area contributed by atoms with Crippen LogP contribution in [0, 0.1) is 0 Å². The summed E-state index contributed by atoms with van der Waals surface area (Å²) in [6.07, 6.45) is 0.222. The molecule has 1 fully saturated rings. The van der Waals surface area contributed by atoms with Crippen LogP contribution in [-0.2, 0) is 4.79 Å². The molecule has 1 aromatic rings. The Morgan fingerprint density at radius 1 is 1.11 bits per heavy atom. The molecule has 19 heavy (non-hydrogen) atoms. The number of amides is 3. The smallest absolute Gasteiger partial charge is 0.279 e. The number of nitrogens with zero attached hydrogens (tertiary/aromatic N) is 1. The molecule has 5 nitrogen and oxygen atoms in total. The Kier molecular flexibility index (Phi) is 2.41. The lowest BCUT2D eigenvalue weighted by molar-refractivity contribution is -0.144. The second-order valence-corrected chi connectivity index (χ2v) is 4.61. The molecule has 1 atom stereocenters. The molecule has 0 bridgehead atoms. The summed E-state index contributed by atoms with van der Waals surface area (Å²) in [4.78, 5) is 36.4. The molecular weight excluding hydrogens is 251 g/mol. The lowest BCUT2D eigenvalue weighted by atomic mass is 10.0. The van der Waals surface area contributed by atoms with Crippen LogP contribution in [-0.4, -0.2) is 35.0 Å². The van der Waals surface area contributed by atoms with Gasteiger partial charge in [-0.3, -0.25) is 14.4 Å². The maximum absolute atomic E-state index is 14.8. The van der Waals surface area contributed by atoms with Gasteiger partial charge in [-0.25, -0.2) is 9.29 Å². The molecule has 0 aliphatic carbocycles. The van der Waals surface area contributed by atoms with E-state index in [1.54, 1.807) is 12.1 Å². The molecule has 1 N–H and O–H groups in total. The van der Waals surface area contributed by atoms with Crippen LogP contribution >= 0.6 is 0 Å². The zero-order chi connectivity index (χ0) is 13.6. The van der Waals surface area contributed by atoms with Gasteiger partial charge in [0.2, 0.25) is 0 Å². The predicted molar refractivity (Wildman–Crippen MR) is 63.0 cm³/mol. The molecule has 3 rings (SSSR count). The Bertz CT molecular complexity index is 566. The number of benzene rings is 1. The van der Waals surface area contributed by atoms with Gasteiger partial charge in [-0.15, -0.1) is 0 Å². The van der Waals surface area contributed by atoms with Crippen molar-refractivity contribution in [3.05, 3.63) is 35.4 Å².